The van der Waals surface area contributed by atoms with Gasteiger partial charge >= 0.3 is 11.9 Å². The van der Waals surface area contributed by atoms with Crippen LogP contribution in [0.15, 0.2) is 12.2 Å². The molecule has 14 bridgehead atoms. The van der Waals surface area contributed by atoms with Gasteiger partial charge in [0.1, 0.15) is 178 Å². The van der Waals surface area contributed by atoms with E-state index in [-0.39, 0.29) is 6.42 Å². The maximum atomic E-state index is 13.8. The van der Waals surface area contributed by atoms with Gasteiger partial charge < -0.3 is 178 Å². The highest BCUT2D eigenvalue weighted by Gasteiger charge is 2.60. The van der Waals surface area contributed by atoms with Crippen molar-refractivity contribution in [3.8, 4) is 0 Å². The molecule has 544 valence electrons. The molecule has 36 atom stereocenters. The quantitative estimate of drug-likeness (QED) is 0.0324. The third-order valence-corrected chi connectivity index (χ3v) is 17.8. The summed E-state index contributed by atoms with van der Waals surface area (Å²) < 4.78 is 86.6. The molecule has 38 heteroatoms. The number of carbonyl (C=O) groups excluding carboxylic acids is 1. The van der Waals surface area contributed by atoms with Gasteiger partial charge in [0, 0.05) is 0 Å². The Balaban J connectivity index is 1.09. The van der Waals surface area contributed by atoms with Crippen molar-refractivity contribution >= 4 is 11.9 Å². The van der Waals surface area contributed by atoms with Crippen molar-refractivity contribution in [3.63, 3.8) is 0 Å². The summed E-state index contributed by atoms with van der Waals surface area (Å²) in [4.78, 5) is 25.8. The Bertz CT molecular complexity index is 2320. The molecule has 0 spiro atoms. The minimum atomic E-state index is -2.35. The number of hydrogen-bond donors (Lipinski definition) is 21. The Morgan fingerprint density at radius 3 is 0.830 bits per heavy atom. The molecule has 21 rings (SSSR count). The fraction of sp³-hybridized carbons (Fsp3) is 0.929. The summed E-state index contributed by atoms with van der Waals surface area (Å²) in [5.41, 5.74) is 0. The fourth-order valence-corrected chi connectivity index (χ4v) is 12.4. The summed E-state index contributed by atoms with van der Waals surface area (Å²) in [6.45, 7) is -5.50. The lowest BCUT2D eigenvalue weighted by Gasteiger charge is -2.50. The lowest BCUT2D eigenvalue weighted by atomic mass is 9.95. The molecule has 0 aliphatic carbocycles. The number of carboxylic acids is 1. The first-order valence-corrected chi connectivity index (χ1v) is 31.2. The molecule has 21 aliphatic rings. The molecule has 21 fully saturated rings. The van der Waals surface area contributed by atoms with Gasteiger partial charge in [0.15, 0.2) is 44.0 Å². The summed E-state index contributed by atoms with van der Waals surface area (Å²) in [5.74, 6) is -3.83. The summed E-state index contributed by atoms with van der Waals surface area (Å²) in [7, 11) is 0. The first kappa shape index (κ1) is 77.1. The Morgan fingerprint density at radius 2 is 0.585 bits per heavy atom. The van der Waals surface area contributed by atoms with E-state index >= 15 is 0 Å². The molecule has 3 unspecified atom stereocenters. The van der Waals surface area contributed by atoms with E-state index < -0.39 is 285 Å². The number of carboxylic acid groups (broad SMARTS) is 1. The molecule has 0 amide bonds. The maximum absolute atomic E-state index is 13.8. The number of aliphatic carboxylic acids is 1. The first-order chi connectivity index (χ1) is 44.9. The normalized spacial score (nSPS) is 47.8. The van der Waals surface area contributed by atoms with Crippen LogP contribution in [-0.2, 0) is 80.6 Å². The minimum absolute atomic E-state index is 0.120. The van der Waals surface area contributed by atoms with Crippen molar-refractivity contribution in [2.75, 3.05) is 46.2 Å². The molecule has 38 nitrogen and oxygen atoms in total. The zero-order valence-corrected chi connectivity index (χ0v) is 50.9. The number of allylic oxidation sites excluding steroid dienone is 2. The van der Waals surface area contributed by atoms with Crippen molar-refractivity contribution in [1.82, 2.24) is 0 Å². The molecule has 94 heavy (non-hydrogen) atoms. The van der Waals surface area contributed by atoms with Crippen LogP contribution in [0.2, 0.25) is 0 Å². The lowest BCUT2D eigenvalue weighted by Crippen LogP contribution is -2.68. The first-order valence-electron chi connectivity index (χ1n) is 31.2. The number of rotatable bonds is 19. The van der Waals surface area contributed by atoms with Gasteiger partial charge in [0.25, 0.3) is 0 Å². The lowest BCUT2D eigenvalue weighted by molar-refractivity contribution is -0.396. The number of hydrogen-bond acceptors (Lipinski definition) is 37. The SMILES string of the molecule is CCCCCCC/C=C\CC(CC(=O)O)C(=O)OC[C@H]1O[C@@H]2O[C@H]3[C@H](O)[C@@H](O)[C@@H](O[C@H]4[C@H](O)[C@@H](O)[C@@H](O[C@H]5[C@H](O)[C@@H](O)[C@H](O[C@@H]5CO)O[C@H]5C(O)[C@@H](O)[C@@H](O[C@H]6[C@H](O)[C@@H](O)[C@@H](O[C@H]7[C@H](O)C(O)[C@@H](O[C@H]1[C@H](O)[C@H]2O)O[C@@H]7CO)O[C@@H]6CO)O[C@@H]5CO)O[C@@H]4CO)O[C@@H]3CO. The second-order valence-electron chi connectivity index (χ2n) is 24.3. The number of ether oxygens (including phenoxy) is 15. The highest BCUT2D eigenvalue weighted by Crippen LogP contribution is 2.39. The van der Waals surface area contributed by atoms with Gasteiger partial charge in [0.2, 0.25) is 0 Å². The Hall–Kier alpha value is -2.68. The van der Waals surface area contributed by atoms with Gasteiger partial charge in [0.05, 0.1) is 52.0 Å². The van der Waals surface area contributed by atoms with Gasteiger partial charge in [-0.3, -0.25) is 9.59 Å². The minimum Gasteiger partial charge on any atom is -0.481 e. The van der Waals surface area contributed by atoms with Gasteiger partial charge in [-0.2, -0.15) is 0 Å². The zero-order chi connectivity index (χ0) is 68.6. The van der Waals surface area contributed by atoms with E-state index in [1.807, 2.05) is 0 Å². The number of esters is 1. The van der Waals surface area contributed by atoms with E-state index in [2.05, 4.69) is 6.92 Å². The van der Waals surface area contributed by atoms with E-state index in [1.165, 1.54) is 0 Å². The summed E-state index contributed by atoms with van der Waals surface area (Å²) in [6, 6.07) is 0. The number of unbranched alkanes of at least 4 members (excludes halogenated alkanes) is 5. The van der Waals surface area contributed by atoms with Crippen molar-refractivity contribution in [2.45, 2.75) is 273 Å². The van der Waals surface area contributed by atoms with E-state index in [9.17, 15) is 117 Å². The van der Waals surface area contributed by atoms with Crippen LogP contribution in [0.3, 0.4) is 0 Å². The topological polar surface area (TPSA) is 597 Å². The summed E-state index contributed by atoms with van der Waals surface area (Å²) in [6.07, 6.45) is -65.0. The molecule has 0 saturated carbocycles. The largest absolute Gasteiger partial charge is 0.481 e. The van der Waals surface area contributed by atoms with Gasteiger partial charge in [-0.05, 0) is 19.3 Å². The van der Waals surface area contributed by atoms with Crippen LogP contribution < -0.4 is 0 Å². The molecular weight excluding hydrogens is 1280 g/mol. The molecule has 21 aliphatic heterocycles. The Morgan fingerprint density at radius 1 is 0.340 bits per heavy atom. The van der Waals surface area contributed by atoms with E-state index in [1.54, 1.807) is 12.2 Å². The molecule has 21 heterocycles. The van der Waals surface area contributed by atoms with Gasteiger partial charge in [-0.1, -0.05) is 44.8 Å². The Kier molecular flexibility index (Phi) is 28.8. The highest BCUT2D eigenvalue weighted by molar-refractivity contribution is 5.79. The van der Waals surface area contributed by atoms with Crippen LogP contribution in [0.1, 0.15) is 58.3 Å². The van der Waals surface area contributed by atoms with Gasteiger partial charge in [-0.25, -0.2) is 0 Å². The van der Waals surface area contributed by atoms with E-state index in [0.717, 1.165) is 32.1 Å². The standard InChI is InChI=1S/C56H92O38/c1-2-3-4-5-6-7-8-9-10-19(11-27(63)64)49(79)80-18-26-48-34(71)41(78)56(87-26)93-47-25(17-62)85-54(39(76)32(47)69)91-45-23(15-60)83-52(37(74)30(45)67)89-43-21(13-58)81-50(35(72)28(43)65)88-42-20(12-57)82-51(36(73)29(42)66)90-44-22(14-59)84-53(38(75)31(44)68)92-46-24(16-61)86-55(94-48)40(77)33(46)70/h8-9,19-26,28-48,50-62,65-78H,2-7,10-18H2,1H3,(H,63,64)/b9-8-/t19?,20-,21-,22-,23-,24-,25-,26-,28-,29?,30-,31-,32-,33-,34-,35-,36-,37-,38-,39-,40?,41-,42-,43-,44-,45-,46-,47-,48-,50-,51-,52-,53-,54-,55-,56-/m1/s1. The van der Waals surface area contributed by atoms with Crippen LogP contribution >= 0.6 is 0 Å². The highest BCUT2D eigenvalue weighted by atomic mass is 16.8. The predicted molar refractivity (Wildman–Crippen MR) is 295 cm³/mol. The van der Waals surface area contributed by atoms with E-state index in [0.29, 0.717) is 6.42 Å². The molecule has 0 aromatic carbocycles. The van der Waals surface area contributed by atoms with Crippen LogP contribution in [0, 0.1) is 5.92 Å². The van der Waals surface area contributed by atoms with Crippen LogP contribution in [0.5, 0.6) is 0 Å². The fourth-order valence-electron chi connectivity index (χ4n) is 12.4. The van der Waals surface area contributed by atoms with Crippen LogP contribution in [0.4, 0.5) is 0 Å². The van der Waals surface area contributed by atoms with Crippen molar-refractivity contribution in [3.05, 3.63) is 12.2 Å². The molecule has 0 radical (unpaired) electrons. The predicted octanol–water partition coefficient (Wildman–Crippen LogP) is -11.3. The van der Waals surface area contributed by atoms with E-state index in [4.69, 9.17) is 71.1 Å². The summed E-state index contributed by atoms with van der Waals surface area (Å²) >= 11 is 0. The van der Waals surface area contributed by atoms with Crippen LogP contribution in [0.25, 0.3) is 0 Å². The number of carbonyl (C=O) groups is 2. The number of aliphatic hydroxyl groups excluding tert-OH is 20. The maximum Gasteiger partial charge on any atom is 0.309 e. The molecule has 0 aromatic heterocycles. The molecule has 21 N–H and O–H groups in total. The smallest absolute Gasteiger partial charge is 0.309 e. The molecular formula is C56H92O38. The zero-order valence-electron chi connectivity index (χ0n) is 50.9. The third kappa shape index (κ3) is 17.4. The second-order valence-corrected chi connectivity index (χ2v) is 24.3. The molecule has 0 aromatic rings. The second kappa shape index (κ2) is 35.1. The number of aliphatic hydroxyl groups is 20. The Labute approximate surface area is 536 Å². The van der Waals surface area contributed by atoms with Crippen molar-refractivity contribution in [1.29, 1.82) is 0 Å². The van der Waals surface area contributed by atoms with Crippen molar-refractivity contribution < 1.29 is 188 Å². The third-order valence-electron chi connectivity index (χ3n) is 17.8. The summed E-state index contributed by atoms with van der Waals surface area (Å²) in [5, 5.41) is 234. The molecule has 21 saturated heterocycles. The average molecular weight is 1370 g/mol. The average Bonchev–Trinajstić information content (AvgIpc) is 0.782. The van der Waals surface area contributed by atoms with Crippen molar-refractivity contribution in [2.24, 2.45) is 5.92 Å². The monoisotopic (exact) mass is 1370 g/mol. The van der Waals surface area contributed by atoms with Gasteiger partial charge in [-0.15, -0.1) is 0 Å². The van der Waals surface area contributed by atoms with Crippen LogP contribution in [-0.4, -0.2) is 380 Å².